The van der Waals surface area contributed by atoms with E-state index in [9.17, 15) is 4.79 Å². The van der Waals surface area contributed by atoms with Crippen LogP contribution in [0.5, 0.6) is 0 Å². The van der Waals surface area contributed by atoms with E-state index in [1.807, 2.05) is 0 Å². The average molecular weight is 162 g/mol. The Balaban J connectivity index is 3.25. The molecule has 0 aliphatic heterocycles. The van der Waals surface area contributed by atoms with Crippen LogP contribution >= 0.6 is 0 Å². The third kappa shape index (κ3) is 1.50. The van der Waals surface area contributed by atoms with Gasteiger partial charge in [-0.1, -0.05) is 12.7 Å². The number of nitrogen functional groups attached to an aromatic ring is 1. The lowest BCUT2D eigenvalue weighted by Crippen LogP contribution is -2.02. The molecule has 0 spiro atoms. The van der Waals surface area contributed by atoms with E-state index in [2.05, 4.69) is 11.6 Å². The van der Waals surface area contributed by atoms with E-state index in [0.29, 0.717) is 5.56 Å². The molecule has 0 radical (unpaired) electrons. The number of carbonyl (C=O) groups excluding carboxylic acids is 1. The number of hydrogen-bond donors (Lipinski definition) is 1. The quantitative estimate of drug-likeness (QED) is 0.670. The maximum atomic E-state index is 11.0. The second kappa shape index (κ2) is 3.17. The molecule has 0 unspecified atom stereocenters. The van der Waals surface area contributed by atoms with E-state index in [4.69, 9.17) is 5.73 Å². The predicted octanol–water partition coefficient (Wildman–Crippen LogP) is 1.51. The Labute approximate surface area is 70.9 Å². The van der Waals surface area contributed by atoms with Gasteiger partial charge in [0.25, 0.3) is 0 Å². The summed E-state index contributed by atoms with van der Waals surface area (Å²) in [6, 6.07) is 1.68. The third-order valence-corrected chi connectivity index (χ3v) is 1.55. The van der Waals surface area contributed by atoms with Gasteiger partial charge < -0.3 is 5.73 Å². The van der Waals surface area contributed by atoms with Crippen molar-refractivity contribution in [3.8, 4) is 0 Å². The van der Waals surface area contributed by atoms with Gasteiger partial charge in [-0.05, 0) is 18.6 Å². The molecule has 0 bridgehead atoms. The van der Waals surface area contributed by atoms with Crippen LogP contribution in [0.15, 0.2) is 18.8 Å². The molecule has 0 aliphatic rings. The highest BCUT2D eigenvalue weighted by molar-refractivity contribution is 5.98. The summed E-state index contributed by atoms with van der Waals surface area (Å²) in [4.78, 5) is 14.8. The van der Waals surface area contributed by atoms with Crippen LogP contribution in [-0.4, -0.2) is 10.8 Å². The zero-order valence-electron chi connectivity index (χ0n) is 6.87. The highest BCUT2D eigenvalue weighted by Gasteiger charge is 2.05. The fourth-order valence-corrected chi connectivity index (χ4v) is 0.885. The molecule has 1 aromatic rings. The zero-order chi connectivity index (χ0) is 9.14. The highest BCUT2D eigenvalue weighted by atomic mass is 16.1. The Morgan fingerprint density at radius 3 is 2.92 bits per heavy atom. The van der Waals surface area contributed by atoms with E-state index < -0.39 is 0 Å². The number of hydrogen-bond acceptors (Lipinski definition) is 3. The Hall–Kier alpha value is -1.64. The third-order valence-electron chi connectivity index (χ3n) is 1.55. The minimum atomic E-state index is -0.0799. The smallest absolute Gasteiger partial charge is 0.163 e. The first-order valence-corrected chi connectivity index (χ1v) is 3.54. The lowest BCUT2D eigenvalue weighted by Gasteiger charge is -2.00. The van der Waals surface area contributed by atoms with Crippen molar-refractivity contribution >= 4 is 17.7 Å². The van der Waals surface area contributed by atoms with Gasteiger partial charge in [0.05, 0.1) is 5.56 Å². The van der Waals surface area contributed by atoms with Crippen molar-refractivity contribution in [3.63, 3.8) is 0 Å². The fourth-order valence-electron chi connectivity index (χ4n) is 0.885. The van der Waals surface area contributed by atoms with Crippen LogP contribution in [-0.2, 0) is 0 Å². The fraction of sp³-hybridized carbons (Fsp3) is 0.111. The van der Waals surface area contributed by atoms with Gasteiger partial charge in [0.2, 0.25) is 0 Å². The normalized spacial score (nSPS) is 9.42. The second-order valence-electron chi connectivity index (χ2n) is 2.46. The molecule has 0 amide bonds. The predicted molar refractivity (Wildman–Crippen MR) is 48.7 cm³/mol. The molecule has 0 aliphatic carbocycles. The SMILES string of the molecule is C=Cc1cnc(N)c(C(C)=O)c1. The number of nitrogens with zero attached hydrogens (tertiary/aromatic N) is 1. The largest absolute Gasteiger partial charge is 0.383 e. The van der Waals surface area contributed by atoms with Gasteiger partial charge in [-0.3, -0.25) is 4.79 Å². The molecule has 1 heterocycles. The van der Waals surface area contributed by atoms with Gasteiger partial charge in [-0.15, -0.1) is 0 Å². The second-order valence-corrected chi connectivity index (χ2v) is 2.46. The van der Waals surface area contributed by atoms with Gasteiger partial charge in [-0.2, -0.15) is 0 Å². The number of ketones is 1. The van der Waals surface area contributed by atoms with Crippen LogP contribution in [0.25, 0.3) is 6.08 Å². The van der Waals surface area contributed by atoms with Crippen LogP contribution in [0.1, 0.15) is 22.8 Å². The molecule has 1 aromatic heterocycles. The van der Waals surface area contributed by atoms with Crippen LogP contribution in [0.3, 0.4) is 0 Å². The van der Waals surface area contributed by atoms with Crippen molar-refractivity contribution in [3.05, 3.63) is 30.0 Å². The van der Waals surface area contributed by atoms with E-state index in [-0.39, 0.29) is 11.6 Å². The number of aromatic nitrogens is 1. The molecule has 0 saturated carbocycles. The highest BCUT2D eigenvalue weighted by Crippen LogP contribution is 2.11. The number of Topliss-reactive ketones (excluding diaryl/α,β-unsaturated/α-hetero) is 1. The lowest BCUT2D eigenvalue weighted by atomic mass is 10.1. The van der Waals surface area contributed by atoms with Crippen molar-refractivity contribution in [2.24, 2.45) is 0 Å². The summed E-state index contributed by atoms with van der Waals surface area (Å²) in [5.74, 6) is 0.191. The van der Waals surface area contributed by atoms with E-state index in [1.54, 1.807) is 18.3 Å². The van der Waals surface area contributed by atoms with Gasteiger partial charge in [-0.25, -0.2) is 4.98 Å². The topological polar surface area (TPSA) is 56.0 Å². The average Bonchev–Trinajstić information content (AvgIpc) is 2.05. The molecule has 2 N–H and O–H groups in total. The molecule has 3 nitrogen and oxygen atoms in total. The number of pyridine rings is 1. The number of rotatable bonds is 2. The molecule has 0 saturated heterocycles. The van der Waals surface area contributed by atoms with Crippen LogP contribution in [0, 0.1) is 0 Å². The summed E-state index contributed by atoms with van der Waals surface area (Å²) in [5.41, 5.74) is 6.73. The van der Waals surface area contributed by atoms with E-state index in [1.165, 1.54) is 6.92 Å². The lowest BCUT2D eigenvalue weighted by molar-refractivity contribution is 0.101. The molecule has 3 heteroatoms. The summed E-state index contributed by atoms with van der Waals surface area (Å²) in [6.07, 6.45) is 3.20. The van der Waals surface area contributed by atoms with Crippen molar-refractivity contribution in [2.75, 3.05) is 5.73 Å². The zero-order valence-corrected chi connectivity index (χ0v) is 6.87. The van der Waals surface area contributed by atoms with Crippen molar-refractivity contribution < 1.29 is 4.79 Å². The van der Waals surface area contributed by atoms with Crippen LogP contribution in [0.2, 0.25) is 0 Å². The summed E-state index contributed by atoms with van der Waals surface area (Å²) >= 11 is 0. The number of anilines is 1. The first-order chi connectivity index (χ1) is 5.65. The van der Waals surface area contributed by atoms with Gasteiger partial charge in [0.15, 0.2) is 5.78 Å². The maximum absolute atomic E-state index is 11.0. The molecular formula is C9H10N2O. The molecule has 12 heavy (non-hydrogen) atoms. The Morgan fingerprint density at radius 2 is 2.42 bits per heavy atom. The maximum Gasteiger partial charge on any atom is 0.163 e. The summed E-state index contributed by atoms with van der Waals surface area (Å²) < 4.78 is 0. The molecule has 0 aromatic carbocycles. The molecule has 0 atom stereocenters. The van der Waals surface area contributed by atoms with Crippen molar-refractivity contribution in [1.29, 1.82) is 0 Å². The summed E-state index contributed by atoms with van der Waals surface area (Å²) in [5, 5.41) is 0. The molecular weight excluding hydrogens is 152 g/mol. The minimum Gasteiger partial charge on any atom is -0.383 e. The Bertz CT molecular complexity index is 331. The van der Waals surface area contributed by atoms with Crippen LogP contribution in [0.4, 0.5) is 5.82 Å². The standard InChI is InChI=1S/C9H10N2O/c1-3-7-4-8(6(2)12)9(10)11-5-7/h3-5H,1H2,2H3,(H2,10,11). The molecule has 0 fully saturated rings. The number of nitrogens with two attached hydrogens (primary N) is 1. The first kappa shape index (κ1) is 8.46. The summed E-state index contributed by atoms with van der Waals surface area (Å²) in [6.45, 7) is 5.03. The van der Waals surface area contributed by atoms with Gasteiger partial charge >= 0.3 is 0 Å². The van der Waals surface area contributed by atoms with Gasteiger partial charge in [0, 0.05) is 6.20 Å². The monoisotopic (exact) mass is 162 g/mol. The van der Waals surface area contributed by atoms with E-state index >= 15 is 0 Å². The first-order valence-electron chi connectivity index (χ1n) is 3.54. The Kier molecular flexibility index (Phi) is 2.24. The van der Waals surface area contributed by atoms with Crippen molar-refractivity contribution in [1.82, 2.24) is 4.98 Å². The molecule has 62 valence electrons. The number of carbonyl (C=O) groups is 1. The minimum absolute atomic E-state index is 0.0799. The summed E-state index contributed by atoms with van der Waals surface area (Å²) in [7, 11) is 0. The Morgan fingerprint density at radius 1 is 1.75 bits per heavy atom. The van der Waals surface area contributed by atoms with Gasteiger partial charge in [0.1, 0.15) is 5.82 Å². The van der Waals surface area contributed by atoms with Crippen LogP contribution < -0.4 is 5.73 Å². The molecule has 1 rings (SSSR count). The van der Waals surface area contributed by atoms with Crippen molar-refractivity contribution in [2.45, 2.75) is 6.92 Å². The van der Waals surface area contributed by atoms with E-state index in [0.717, 1.165) is 5.56 Å².